The maximum Gasteiger partial charge on any atom is 0.203 e. The Labute approximate surface area is 103 Å². The van der Waals surface area contributed by atoms with Gasteiger partial charge in [-0.2, -0.15) is 0 Å². The molecule has 1 fully saturated rings. The number of aliphatic hydroxyl groups is 2. The minimum Gasteiger partial charge on any atom is -0.394 e. The Balaban J connectivity index is 2.35. The third-order valence-corrected chi connectivity index (χ3v) is 2.94. The average Bonchev–Trinajstić information content (AvgIpc) is 2.57. The minimum absolute atomic E-state index is 0.238. The number of nitrogens with zero attached hydrogens (tertiary/aromatic N) is 2. The molecule has 92 valence electrons. The summed E-state index contributed by atoms with van der Waals surface area (Å²) in [5, 5.41) is 18.8. The van der Waals surface area contributed by atoms with E-state index in [-0.39, 0.29) is 11.4 Å². The normalized spacial score (nSPS) is 28.6. The van der Waals surface area contributed by atoms with Gasteiger partial charge in [-0.3, -0.25) is 4.57 Å². The molecule has 2 heterocycles. The molecule has 0 saturated carbocycles. The third-order valence-electron chi connectivity index (χ3n) is 2.64. The van der Waals surface area contributed by atoms with Crippen LogP contribution in [0.2, 0.25) is 0 Å². The molecule has 3 atom stereocenters. The molecule has 0 aliphatic carbocycles. The monoisotopic (exact) mass is 255 g/mol. The van der Waals surface area contributed by atoms with E-state index in [1.54, 1.807) is 12.3 Å². The SMILES string of the molecule is C=C1[C@H](n2ccc(N)nc2=S)O[C@H](CO)[C@H]1O. The largest absolute Gasteiger partial charge is 0.394 e. The van der Waals surface area contributed by atoms with Crippen LogP contribution in [0.4, 0.5) is 5.82 Å². The molecule has 0 bridgehead atoms. The summed E-state index contributed by atoms with van der Waals surface area (Å²) in [5.74, 6) is 0.314. The molecule has 7 heteroatoms. The van der Waals surface area contributed by atoms with Gasteiger partial charge in [0.15, 0.2) is 6.23 Å². The lowest BCUT2D eigenvalue weighted by Gasteiger charge is -2.15. The van der Waals surface area contributed by atoms with Crippen LogP contribution in [0.1, 0.15) is 6.23 Å². The molecule has 0 aromatic carbocycles. The van der Waals surface area contributed by atoms with Crippen LogP contribution >= 0.6 is 12.2 Å². The lowest BCUT2D eigenvalue weighted by Crippen LogP contribution is -2.25. The summed E-state index contributed by atoms with van der Waals surface area (Å²) in [4.78, 5) is 3.92. The molecule has 1 aromatic rings. The standard InChI is InChI=1S/C10H13N3O3S/c1-5-8(15)6(4-14)16-9(5)13-3-2-7(11)12-10(13)17/h2-3,6,8-9,14-15H,1,4H2,(H2,11,12,17)/t6-,8+,9-/m1/s1. The van der Waals surface area contributed by atoms with E-state index >= 15 is 0 Å². The molecule has 1 aliphatic rings. The van der Waals surface area contributed by atoms with E-state index in [0.717, 1.165) is 0 Å². The number of nitrogen functional groups attached to an aromatic ring is 1. The van der Waals surface area contributed by atoms with Crippen molar-refractivity contribution < 1.29 is 14.9 Å². The minimum atomic E-state index is -0.913. The van der Waals surface area contributed by atoms with Gasteiger partial charge in [0.25, 0.3) is 0 Å². The van der Waals surface area contributed by atoms with Crippen molar-refractivity contribution in [3.05, 3.63) is 29.2 Å². The fourth-order valence-corrected chi connectivity index (χ4v) is 1.97. The molecular formula is C10H13N3O3S. The lowest BCUT2D eigenvalue weighted by molar-refractivity contribution is -0.0441. The molecule has 1 saturated heterocycles. The number of anilines is 1. The highest BCUT2D eigenvalue weighted by Gasteiger charge is 2.38. The molecule has 0 spiro atoms. The maximum atomic E-state index is 9.76. The quantitative estimate of drug-likeness (QED) is 0.509. The molecule has 4 N–H and O–H groups in total. The summed E-state index contributed by atoms with van der Waals surface area (Å²) in [7, 11) is 0. The lowest BCUT2D eigenvalue weighted by atomic mass is 10.1. The van der Waals surface area contributed by atoms with Crippen LogP contribution in [0, 0.1) is 4.77 Å². The molecule has 1 aromatic heterocycles. The number of hydrogen-bond donors (Lipinski definition) is 3. The van der Waals surface area contributed by atoms with Gasteiger partial charge in [0.05, 0.1) is 6.61 Å². The van der Waals surface area contributed by atoms with Crippen LogP contribution in [0.3, 0.4) is 0 Å². The molecule has 6 nitrogen and oxygen atoms in total. The van der Waals surface area contributed by atoms with E-state index in [1.807, 2.05) is 0 Å². The zero-order valence-electron chi connectivity index (χ0n) is 8.98. The van der Waals surface area contributed by atoms with Crippen LogP contribution < -0.4 is 5.73 Å². The molecule has 0 amide bonds. The van der Waals surface area contributed by atoms with Gasteiger partial charge >= 0.3 is 0 Å². The Morgan fingerprint density at radius 3 is 2.88 bits per heavy atom. The van der Waals surface area contributed by atoms with Gasteiger partial charge < -0.3 is 20.7 Å². The van der Waals surface area contributed by atoms with Crippen molar-refractivity contribution in [2.45, 2.75) is 18.4 Å². The first-order valence-electron chi connectivity index (χ1n) is 5.02. The Bertz CT molecular complexity index is 502. The van der Waals surface area contributed by atoms with E-state index in [2.05, 4.69) is 11.6 Å². The van der Waals surface area contributed by atoms with Gasteiger partial charge in [-0.25, -0.2) is 4.98 Å². The second-order valence-electron chi connectivity index (χ2n) is 3.77. The number of rotatable bonds is 2. The van der Waals surface area contributed by atoms with E-state index < -0.39 is 18.4 Å². The highest BCUT2D eigenvalue weighted by molar-refractivity contribution is 7.71. The zero-order valence-corrected chi connectivity index (χ0v) is 9.80. The first-order chi connectivity index (χ1) is 8.04. The summed E-state index contributed by atoms with van der Waals surface area (Å²) in [6.07, 6.45) is -0.605. The Morgan fingerprint density at radius 2 is 2.35 bits per heavy atom. The smallest absolute Gasteiger partial charge is 0.203 e. The Kier molecular flexibility index (Phi) is 3.25. The summed E-state index contributed by atoms with van der Waals surface area (Å²) in [6.45, 7) is 3.46. The van der Waals surface area contributed by atoms with Crippen molar-refractivity contribution in [3.8, 4) is 0 Å². The van der Waals surface area contributed by atoms with Crippen molar-refractivity contribution in [2.24, 2.45) is 0 Å². The fourth-order valence-electron chi connectivity index (χ4n) is 1.70. The van der Waals surface area contributed by atoms with Crippen LogP contribution in [0.25, 0.3) is 0 Å². The van der Waals surface area contributed by atoms with E-state index in [4.69, 9.17) is 27.8 Å². The van der Waals surface area contributed by atoms with Crippen LogP contribution in [-0.2, 0) is 4.74 Å². The van der Waals surface area contributed by atoms with Gasteiger partial charge in [-0.15, -0.1) is 0 Å². The Hall–Kier alpha value is -1.28. The van der Waals surface area contributed by atoms with Gasteiger partial charge in [0, 0.05) is 11.8 Å². The number of hydrogen-bond acceptors (Lipinski definition) is 6. The topological polar surface area (TPSA) is 93.5 Å². The predicted molar refractivity (Wildman–Crippen MR) is 63.6 cm³/mol. The molecular weight excluding hydrogens is 242 g/mol. The van der Waals surface area contributed by atoms with Crippen molar-refractivity contribution in [2.75, 3.05) is 12.3 Å². The summed E-state index contributed by atoms with van der Waals surface area (Å²) >= 11 is 5.05. The summed E-state index contributed by atoms with van der Waals surface area (Å²) < 4.78 is 7.23. The highest BCUT2D eigenvalue weighted by Crippen LogP contribution is 2.32. The van der Waals surface area contributed by atoms with E-state index in [1.165, 1.54) is 4.57 Å². The van der Waals surface area contributed by atoms with Gasteiger partial charge in [-0.1, -0.05) is 6.58 Å². The number of aliphatic hydroxyl groups excluding tert-OH is 2. The van der Waals surface area contributed by atoms with Gasteiger partial charge in [0.2, 0.25) is 4.77 Å². The first kappa shape index (κ1) is 12.2. The second kappa shape index (κ2) is 4.53. The zero-order chi connectivity index (χ0) is 12.6. The van der Waals surface area contributed by atoms with Crippen LogP contribution in [0.5, 0.6) is 0 Å². The van der Waals surface area contributed by atoms with Crippen molar-refractivity contribution >= 4 is 18.0 Å². The first-order valence-corrected chi connectivity index (χ1v) is 5.43. The van der Waals surface area contributed by atoms with Gasteiger partial charge in [-0.05, 0) is 18.3 Å². The molecule has 2 rings (SSSR count). The highest BCUT2D eigenvalue weighted by atomic mass is 32.1. The van der Waals surface area contributed by atoms with Gasteiger partial charge in [0.1, 0.15) is 18.0 Å². The number of aromatic nitrogens is 2. The van der Waals surface area contributed by atoms with E-state index in [9.17, 15) is 5.11 Å². The van der Waals surface area contributed by atoms with Crippen LogP contribution in [-0.4, -0.2) is 38.6 Å². The van der Waals surface area contributed by atoms with Crippen molar-refractivity contribution in [1.82, 2.24) is 9.55 Å². The average molecular weight is 255 g/mol. The van der Waals surface area contributed by atoms with Crippen molar-refractivity contribution in [1.29, 1.82) is 0 Å². The number of ether oxygens (including phenoxy) is 1. The summed E-state index contributed by atoms with van der Waals surface area (Å²) in [6, 6.07) is 1.57. The third kappa shape index (κ3) is 2.09. The van der Waals surface area contributed by atoms with Crippen molar-refractivity contribution in [3.63, 3.8) is 0 Å². The summed E-state index contributed by atoms with van der Waals surface area (Å²) in [5.41, 5.74) is 5.93. The number of nitrogens with two attached hydrogens (primary N) is 1. The molecule has 0 unspecified atom stereocenters. The molecule has 17 heavy (non-hydrogen) atoms. The maximum absolute atomic E-state index is 9.76. The fraction of sp³-hybridized carbons (Fsp3) is 0.400. The second-order valence-corrected chi connectivity index (χ2v) is 4.14. The molecule has 1 aliphatic heterocycles. The predicted octanol–water partition coefficient (Wildman–Crippen LogP) is 0.00159. The Morgan fingerprint density at radius 1 is 1.65 bits per heavy atom. The van der Waals surface area contributed by atoms with Crippen LogP contribution in [0.15, 0.2) is 24.4 Å². The molecule has 0 radical (unpaired) electrons. The van der Waals surface area contributed by atoms with E-state index in [0.29, 0.717) is 11.4 Å².